The van der Waals surface area contributed by atoms with Gasteiger partial charge in [0.05, 0.1) is 17.4 Å². The van der Waals surface area contributed by atoms with E-state index in [1.807, 2.05) is 31.4 Å². The molecule has 0 aliphatic heterocycles. The number of aryl methyl sites for hydroxylation is 2. The lowest BCUT2D eigenvalue weighted by Gasteiger charge is -2.17. The van der Waals surface area contributed by atoms with Crippen molar-refractivity contribution in [1.29, 1.82) is 0 Å². The van der Waals surface area contributed by atoms with E-state index in [1.54, 1.807) is 24.3 Å². The average molecular weight is 276 g/mol. The number of carboxylic acid groups (broad SMARTS) is 1. The highest BCUT2D eigenvalue weighted by molar-refractivity contribution is 7.10. The summed E-state index contributed by atoms with van der Waals surface area (Å²) in [6, 6.07) is 5.86. The molecule has 0 spiro atoms. The second kappa shape index (κ2) is 5.40. The van der Waals surface area contributed by atoms with E-state index in [4.69, 9.17) is 0 Å². The van der Waals surface area contributed by atoms with E-state index in [-0.39, 0.29) is 11.6 Å². The van der Waals surface area contributed by atoms with Crippen LogP contribution in [-0.2, 0) is 0 Å². The van der Waals surface area contributed by atoms with Crippen molar-refractivity contribution in [3.8, 4) is 0 Å². The molecule has 0 saturated carbocycles. The van der Waals surface area contributed by atoms with Crippen molar-refractivity contribution in [1.82, 2.24) is 4.98 Å². The molecule has 0 radical (unpaired) electrons. The molecular weight excluding hydrogens is 260 g/mol. The summed E-state index contributed by atoms with van der Waals surface area (Å²) in [6.07, 6.45) is 0. The molecule has 0 bridgehead atoms. The van der Waals surface area contributed by atoms with Gasteiger partial charge >= 0.3 is 5.97 Å². The number of hydrogen-bond acceptors (Lipinski definition) is 4. The smallest absolute Gasteiger partial charge is 0.339 e. The van der Waals surface area contributed by atoms with Gasteiger partial charge in [-0.15, -0.1) is 11.3 Å². The third-order valence-corrected chi connectivity index (χ3v) is 3.94. The number of nitrogens with one attached hydrogen (secondary N) is 1. The molecule has 0 aliphatic carbocycles. The Labute approximate surface area is 116 Å². The van der Waals surface area contributed by atoms with Crippen molar-refractivity contribution in [3.63, 3.8) is 0 Å². The van der Waals surface area contributed by atoms with E-state index in [9.17, 15) is 9.90 Å². The number of pyridine rings is 1. The highest BCUT2D eigenvalue weighted by atomic mass is 32.1. The fourth-order valence-electron chi connectivity index (χ4n) is 2.05. The third-order valence-electron chi connectivity index (χ3n) is 2.88. The first-order valence-corrected chi connectivity index (χ1v) is 6.88. The van der Waals surface area contributed by atoms with Gasteiger partial charge in [0.15, 0.2) is 0 Å². The van der Waals surface area contributed by atoms with Gasteiger partial charge in [-0.2, -0.15) is 0 Å². The molecule has 2 heterocycles. The molecule has 1 atom stereocenters. The van der Waals surface area contributed by atoms with Crippen LogP contribution in [0.2, 0.25) is 0 Å². The Bertz CT molecular complexity index is 594. The second-order valence-electron chi connectivity index (χ2n) is 4.46. The quantitative estimate of drug-likeness (QED) is 0.895. The van der Waals surface area contributed by atoms with Crippen LogP contribution in [0.1, 0.15) is 39.6 Å². The molecule has 100 valence electrons. The maximum absolute atomic E-state index is 11.3. The second-order valence-corrected chi connectivity index (χ2v) is 5.44. The van der Waals surface area contributed by atoms with Gasteiger partial charge in [-0.1, -0.05) is 6.07 Å². The molecule has 0 fully saturated rings. The van der Waals surface area contributed by atoms with E-state index < -0.39 is 5.97 Å². The van der Waals surface area contributed by atoms with Crippen LogP contribution in [-0.4, -0.2) is 16.1 Å². The standard InChI is InChI=1S/C14H16N2O2S/c1-8-7-11(13(14(17)18)10(3)15-8)16-9(2)12-5-4-6-19-12/h4-7,9H,1-3H3,(H,15,16)(H,17,18). The average Bonchev–Trinajstić information content (AvgIpc) is 2.80. The van der Waals surface area contributed by atoms with Crippen LogP contribution in [0.15, 0.2) is 23.6 Å². The first-order valence-electron chi connectivity index (χ1n) is 6.00. The normalized spacial score (nSPS) is 12.2. The van der Waals surface area contributed by atoms with Gasteiger partial charge < -0.3 is 10.4 Å². The van der Waals surface area contributed by atoms with Gasteiger partial charge in [0.25, 0.3) is 0 Å². The van der Waals surface area contributed by atoms with Gasteiger partial charge in [0.2, 0.25) is 0 Å². The maximum Gasteiger partial charge on any atom is 0.339 e. The topological polar surface area (TPSA) is 62.2 Å². The Morgan fingerprint density at radius 3 is 2.79 bits per heavy atom. The summed E-state index contributed by atoms with van der Waals surface area (Å²) in [4.78, 5) is 16.7. The number of carboxylic acids is 1. The minimum absolute atomic E-state index is 0.0688. The Balaban J connectivity index is 2.36. The molecule has 2 N–H and O–H groups in total. The first kappa shape index (κ1) is 13.5. The Kier molecular flexibility index (Phi) is 3.85. The fourth-order valence-corrected chi connectivity index (χ4v) is 2.79. The number of rotatable bonds is 4. The Morgan fingerprint density at radius 1 is 1.47 bits per heavy atom. The van der Waals surface area contributed by atoms with E-state index >= 15 is 0 Å². The van der Waals surface area contributed by atoms with Gasteiger partial charge in [0.1, 0.15) is 5.56 Å². The molecule has 19 heavy (non-hydrogen) atoms. The van der Waals surface area contributed by atoms with Gasteiger partial charge in [0, 0.05) is 10.6 Å². The zero-order chi connectivity index (χ0) is 14.0. The predicted molar refractivity (Wildman–Crippen MR) is 77.0 cm³/mol. The summed E-state index contributed by atoms with van der Waals surface area (Å²) in [6.45, 7) is 5.60. The summed E-state index contributed by atoms with van der Waals surface area (Å²) < 4.78 is 0. The fraction of sp³-hybridized carbons (Fsp3) is 0.286. The van der Waals surface area contributed by atoms with E-state index in [0.29, 0.717) is 11.4 Å². The summed E-state index contributed by atoms with van der Waals surface area (Å²) in [5.41, 5.74) is 2.21. The largest absolute Gasteiger partial charge is 0.478 e. The van der Waals surface area contributed by atoms with Crippen LogP contribution in [0.3, 0.4) is 0 Å². The Morgan fingerprint density at radius 2 is 2.21 bits per heavy atom. The number of carbonyl (C=O) groups is 1. The highest BCUT2D eigenvalue weighted by Crippen LogP contribution is 2.27. The van der Waals surface area contributed by atoms with Gasteiger partial charge in [-0.25, -0.2) is 4.79 Å². The summed E-state index contributed by atoms with van der Waals surface area (Å²) >= 11 is 1.65. The van der Waals surface area contributed by atoms with Crippen LogP contribution < -0.4 is 5.32 Å². The van der Waals surface area contributed by atoms with Gasteiger partial charge in [-0.3, -0.25) is 4.98 Å². The van der Waals surface area contributed by atoms with Crippen molar-refractivity contribution < 1.29 is 9.90 Å². The summed E-state index contributed by atoms with van der Waals surface area (Å²) in [7, 11) is 0. The summed E-state index contributed by atoms with van der Waals surface area (Å²) in [5, 5.41) is 14.6. The monoisotopic (exact) mass is 276 g/mol. The lowest BCUT2D eigenvalue weighted by atomic mass is 10.1. The lowest BCUT2D eigenvalue weighted by Crippen LogP contribution is -2.12. The molecule has 0 amide bonds. The van der Waals surface area contributed by atoms with Crippen molar-refractivity contribution in [2.24, 2.45) is 0 Å². The molecule has 4 nitrogen and oxygen atoms in total. The molecule has 5 heteroatoms. The van der Waals surface area contributed by atoms with Crippen LogP contribution >= 0.6 is 11.3 Å². The summed E-state index contributed by atoms with van der Waals surface area (Å²) in [5.74, 6) is -0.953. The van der Waals surface area contributed by atoms with Crippen molar-refractivity contribution in [2.45, 2.75) is 26.8 Å². The number of aromatic nitrogens is 1. The van der Waals surface area contributed by atoms with Crippen LogP contribution in [0, 0.1) is 13.8 Å². The van der Waals surface area contributed by atoms with Crippen LogP contribution in [0.25, 0.3) is 0 Å². The van der Waals surface area contributed by atoms with E-state index in [0.717, 1.165) is 5.69 Å². The zero-order valence-electron chi connectivity index (χ0n) is 11.1. The highest BCUT2D eigenvalue weighted by Gasteiger charge is 2.17. The molecule has 0 saturated heterocycles. The lowest BCUT2D eigenvalue weighted by molar-refractivity contribution is 0.0696. The number of nitrogens with zero attached hydrogens (tertiary/aromatic N) is 1. The SMILES string of the molecule is Cc1cc(NC(C)c2cccs2)c(C(=O)O)c(C)n1. The van der Waals surface area contributed by atoms with Gasteiger partial charge in [-0.05, 0) is 38.3 Å². The van der Waals surface area contributed by atoms with Crippen molar-refractivity contribution >= 4 is 23.0 Å². The number of thiophene rings is 1. The molecule has 1 unspecified atom stereocenters. The third kappa shape index (κ3) is 2.93. The number of hydrogen-bond donors (Lipinski definition) is 2. The number of aromatic carboxylic acids is 1. The van der Waals surface area contributed by atoms with E-state index in [1.165, 1.54) is 4.88 Å². The minimum Gasteiger partial charge on any atom is -0.478 e. The Hall–Kier alpha value is -1.88. The zero-order valence-corrected chi connectivity index (χ0v) is 11.9. The minimum atomic E-state index is -0.953. The molecular formula is C14H16N2O2S. The van der Waals surface area contributed by atoms with Crippen molar-refractivity contribution in [2.75, 3.05) is 5.32 Å². The molecule has 2 aromatic rings. The molecule has 0 aliphatic rings. The molecule has 2 rings (SSSR count). The maximum atomic E-state index is 11.3. The van der Waals surface area contributed by atoms with E-state index in [2.05, 4.69) is 10.3 Å². The first-order chi connectivity index (χ1) is 8.99. The predicted octanol–water partition coefficient (Wildman–Crippen LogP) is 3.63. The van der Waals surface area contributed by atoms with Crippen LogP contribution in [0.4, 0.5) is 5.69 Å². The van der Waals surface area contributed by atoms with Crippen molar-refractivity contribution in [3.05, 3.63) is 45.4 Å². The van der Waals surface area contributed by atoms with Crippen LogP contribution in [0.5, 0.6) is 0 Å². The molecule has 2 aromatic heterocycles. The molecule has 0 aromatic carbocycles. The number of anilines is 1.